The molecule has 0 amide bonds. The van der Waals surface area contributed by atoms with E-state index in [-0.39, 0.29) is 0 Å². The highest BCUT2D eigenvalue weighted by Crippen LogP contribution is 2.15. The van der Waals surface area contributed by atoms with Crippen LogP contribution < -0.4 is 5.32 Å². The van der Waals surface area contributed by atoms with E-state index in [2.05, 4.69) is 51.3 Å². The number of aromatic nitrogens is 2. The lowest BCUT2D eigenvalue weighted by molar-refractivity contribution is 0.464. The number of nitrogens with one attached hydrogen (secondary N) is 2. The number of hydrogen-bond donors (Lipinski definition) is 2. The van der Waals surface area contributed by atoms with Crippen molar-refractivity contribution in [1.29, 1.82) is 0 Å². The Morgan fingerprint density at radius 1 is 1.32 bits per heavy atom. The first-order valence-electron chi connectivity index (χ1n) is 7.75. The molecule has 0 fully saturated rings. The van der Waals surface area contributed by atoms with Crippen molar-refractivity contribution in [3.8, 4) is 11.3 Å². The third kappa shape index (κ3) is 4.35. The average Bonchev–Trinajstić information content (AvgIpc) is 3.03. The van der Waals surface area contributed by atoms with Crippen molar-refractivity contribution >= 4 is 5.96 Å². The Morgan fingerprint density at radius 2 is 2.09 bits per heavy atom. The summed E-state index contributed by atoms with van der Waals surface area (Å²) >= 11 is 0. The highest BCUT2D eigenvalue weighted by Gasteiger charge is 2.07. The topological polar surface area (TPSA) is 56.3 Å². The highest BCUT2D eigenvalue weighted by molar-refractivity contribution is 5.79. The summed E-state index contributed by atoms with van der Waals surface area (Å²) in [7, 11) is 3.87. The lowest BCUT2D eigenvalue weighted by Gasteiger charge is -2.21. The van der Waals surface area contributed by atoms with Crippen LogP contribution in [-0.4, -0.2) is 41.5 Å². The smallest absolute Gasteiger partial charge is 0.193 e. The molecule has 0 unspecified atom stereocenters. The van der Waals surface area contributed by atoms with Crippen LogP contribution in [0.4, 0.5) is 0 Å². The molecule has 0 bridgehead atoms. The van der Waals surface area contributed by atoms with Crippen LogP contribution in [0, 0.1) is 0 Å². The number of unbranched alkanes of at least 4 members (excludes halogenated alkanes) is 1. The van der Waals surface area contributed by atoms with Crippen molar-refractivity contribution in [2.24, 2.45) is 4.99 Å². The van der Waals surface area contributed by atoms with E-state index in [1.807, 2.05) is 31.4 Å². The number of hydrogen-bond acceptors (Lipinski definition) is 2. The molecule has 1 heterocycles. The van der Waals surface area contributed by atoms with Gasteiger partial charge in [-0.15, -0.1) is 0 Å². The van der Waals surface area contributed by atoms with Crippen LogP contribution in [0.15, 0.2) is 41.5 Å². The van der Waals surface area contributed by atoms with Crippen molar-refractivity contribution in [3.63, 3.8) is 0 Å². The van der Waals surface area contributed by atoms with E-state index in [4.69, 9.17) is 0 Å². The molecule has 22 heavy (non-hydrogen) atoms. The molecule has 1 aromatic heterocycles. The van der Waals surface area contributed by atoms with Crippen molar-refractivity contribution in [3.05, 3.63) is 42.4 Å². The maximum Gasteiger partial charge on any atom is 0.193 e. The molecule has 5 heteroatoms. The number of rotatable bonds is 6. The Hall–Kier alpha value is -2.30. The zero-order valence-corrected chi connectivity index (χ0v) is 13.6. The van der Waals surface area contributed by atoms with Crippen LogP contribution in [0.2, 0.25) is 0 Å². The summed E-state index contributed by atoms with van der Waals surface area (Å²) in [4.78, 5) is 14.2. The van der Waals surface area contributed by atoms with E-state index in [1.54, 1.807) is 0 Å². The number of aliphatic imine (C=N–C) groups is 1. The number of imidazole rings is 1. The SMILES string of the molecule is CCCCN(C)C(=NC)NCc1ncc(-c2ccccc2)[nH]1. The highest BCUT2D eigenvalue weighted by atomic mass is 15.3. The van der Waals surface area contributed by atoms with Gasteiger partial charge in [0, 0.05) is 20.6 Å². The normalized spacial score (nSPS) is 11.5. The zero-order chi connectivity index (χ0) is 15.8. The summed E-state index contributed by atoms with van der Waals surface area (Å²) in [5, 5.41) is 3.34. The fourth-order valence-corrected chi connectivity index (χ4v) is 2.27. The molecule has 2 aromatic rings. The van der Waals surface area contributed by atoms with Gasteiger partial charge in [0.05, 0.1) is 18.4 Å². The third-order valence-electron chi connectivity index (χ3n) is 3.55. The Balaban J connectivity index is 1.93. The fraction of sp³-hybridized carbons (Fsp3) is 0.412. The van der Waals surface area contributed by atoms with Gasteiger partial charge in [-0.3, -0.25) is 4.99 Å². The second-order valence-electron chi connectivity index (χ2n) is 5.29. The van der Waals surface area contributed by atoms with Gasteiger partial charge >= 0.3 is 0 Å². The summed E-state index contributed by atoms with van der Waals surface area (Å²) in [6.07, 6.45) is 4.21. The maximum absolute atomic E-state index is 4.43. The predicted molar refractivity (Wildman–Crippen MR) is 91.8 cm³/mol. The molecule has 0 saturated heterocycles. The minimum atomic E-state index is 0.635. The molecule has 0 atom stereocenters. The number of aromatic amines is 1. The number of nitrogens with zero attached hydrogens (tertiary/aromatic N) is 3. The van der Waals surface area contributed by atoms with Crippen molar-refractivity contribution < 1.29 is 0 Å². The first kappa shape index (κ1) is 16.1. The van der Waals surface area contributed by atoms with Gasteiger partial charge < -0.3 is 15.2 Å². The summed E-state index contributed by atoms with van der Waals surface area (Å²) in [5.74, 6) is 1.80. The molecule has 0 aliphatic rings. The molecule has 118 valence electrons. The Bertz CT molecular complexity index is 588. The Labute approximate surface area is 132 Å². The van der Waals surface area contributed by atoms with Gasteiger partial charge in [-0.05, 0) is 12.0 Å². The van der Waals surface area contributed by atoms with E-state index >= 15 is 0 Å². The van der Waals surface area contributed by atoms with Gasteiger partial charge in [0.2, 0.25) is 0 Å². The predicted octanol–water partition coefficient (Wildman–Crippen LogP) is 2.88. The van der Waals surface area contributed by atoms with Gasteiger partial charge in [-0.2, -0.15) is 0 Å². The van der Waals surface area contributed by atoms with Gasteiger partial charge in [-0.25, -0.2) is 4.98 Å². The largest absolute Gasteiger partial charge is 0.349 e. The molecule has 0 aliphatic heterocycles. The van der Waals surface area contributed by atoms with Gasteiger partial charge in [-0.1, -0.05) is 43.7 Å². The van der Waals surface area contributed by atoms with Crippen molar-refractivity contribution in [1.82, 2.24) is 20.2 Å². The van der Waals surface area contributed by atoms with Crippen molar-refractivity contribution in [2.45, 2.75) is 26.3 Å². The molecular weight excluding hydrogens is 274 g/mol. The Morgan fingerprint density at radius 3 is 2.77 bits per heavy atom. The zero-order valence-electron chi connectivity index (χ0n) is 13.6. The summed E-state index contributed by atoms with van der Waals surface area (Å²) in [6, 6.07) is 10.2. The van der Waals surface area contributed by atoms with E-state index in [0.717, 1.165) is 36.0 Å². The fourth-order valence-electron chi connectivity index (χ4n) is 2.27. The van der Waals surface area contributed by atoms with Gasteiger partial charge in [0.15, 0.2) is 5.96 Å². The maximum atomic E-state index is 4.43. The first-order valence-corrected chi connectivity index (χ1v) is 7.75. The monoisotopic (exact) mass is 299 g/mol. The summed E-state index contributed by atoms with van der Waals surface area (Å²) in [5.41, 5.74) is 2.18. The molecule has 0 radical (unpaired) electrons. The molecule has 2 N–H and O–H groups in total. The number of H-pyrrole nitrogens is 1. The minimum absolute atomic E-state index is 0.635. The van der Waals surface area contributed by atoms with Crippen molar-refractivity contribution in [2.75, 3.05) is 20.6 Å². The second kappa shape index (κ2) is 8.22. The summed E-state index contributed by atoms with van der Waals surface area (Å²) < 4.78 is 0. The van der Waals surface area contributed by atoms with Crippen LogP contribution in [0.3, 0.4) is 0 Å². The molecule has 0 saturated carbocycles. The van der Waals surface area contributed by atoms with Crippen LogP contribution in [-0.2, 0) is 6.54 Å². The van der Waals surface area contributed by atoms with E-state index in [0.29, 0.717) is 6.54 Å². The quantitative estimate of drug-likeness (QED) is 0.637. The number of guanidine groups is 1. The van der Waals surface area contributed by atoms with E-state index in [1.165, 1.54) is 6.42 Å². The van der Waals surface area contributed by atoms with E-state index < -0.39 is 0 Å². The molecule has 5 nitrogen and oxygen atoms in total. The Kier molecular flexibility index (Phi) is 6.01. The lowest BCUT2D eigenvalue weighted by Crippen LogP contribution is -2.39. The first-order chi connectivity index (χ1) is 10.7. The van der Waals surface area contributed by atoms with Crippen LogP contribution in [0.5, 0.6) is 0 Å². The lowest BCUT2D eigenvalue weighted by atomic mass is 10.2. The molecular formula is C17H25N5. The molecule has 2 rings (SSSR count). The number of benzene rings is 1. The molecule has 1 aromatic carbocycles. The second-order valence-corrected chi connectivity index (χ2v) is 5.29. The van der Waals surface area contributed by atoms with E-state index in [9.17, 15) is 0 Å². The molecule has 0 spiro atoms. The van der Waals surface area contributed by atoms with Crippen LogP contribution in [0.25, 0.3) is 11.3 Å². The van der Waals surface area contributed by atoms with Gasteiger partial charge in [0.25, 0.3) is 0 Å². The minimum Gasteiger partial charge on any atom is -0.349 e. The van der Waals surface area contributed by atoms with Crippen LogP contribution in [0.1, 0.15) is 25.6 Å². The third-order valence-corrected chi connectivity index (χ3v) is 3.55. The van der Waals surface area contributed by atoms with Gasteiger partial charge in [0.1, 0.15) is 5.82 Å². The average molecular weight is 299 g/mol. The molecule has 0 aliphatic carbocycles. The summed E-state index contributed by atoms with van der Waals surface area (Å²) in [6.45, 7) is 3.83. The standard InChI is InChI=1S/C17H25N5/c1-4-5-11-22(3)17(18-2)20-13-16-19-12-15(21-16)14-9-7-6-8-10-14/h6-10,12H,4-5,11,13H2,1-3H3,(H,18,20)(H,19,21). The van der Waals surface area contributed by atoms with Crippen LogP contribution >= 0.6 is 0 Å².